The Bertz CT molecular complexity index is 1160. The molecule has 6 N–H and O–H groups in total. The number of fused-ring (bicyclic) bond motifs is 1. The first-order valence-corrected chi connectivity index (χ1v) is 11.4. The topological polar surface area (TPSA) is 219 Å². The van der Waals surface area contributed by atoms with Gasteiger partial charge in [-0.25, -0.2) is 14.4 Å². The van der Waals surface area contributed by atoms with Gasteiger partial charge in [-0.2, -0.15) is 0 Å². The van der Waals surface area contributed by atoms with Crippen LogP contribution in [0.15, 0.2) is 41.7 Å². The zero-order valence-electron chi connectivity index (χ0n) is 19.9. The fourth-order valence-electron chi connectivity index (χ4n) is 4.71. The molecule has 3 aliphatic rings. The van der Waals surface area contributed by atoms with Crippen LogP contribution in [0, 0.1) is 11.8 Å². The normalized spacial score (nSPS) is 32.3. The van der Waals surface area contributed by atoms with E-state index in [1.807, 2.05) is 0 Å². The predicted molar refractivity (Wildman–Crippen MR) is 121 cm³/mol. The summed E-state index contributed by atoms with van der Waals surface area (Å²) in [5.41, 5.74) is -0.400. The van der Waals surface area contributed by atoms with E-state index in [0.717, 1.165) is 6.26 Å². The second-order valence-electron chi connectivity index (χ2n) is 8.81. The number of esters is 1. The number of aliphatic hydroxyl groups is 3. The summed E-state index contributed by atoms with van der Waals surface area (Å²) < 4.78 is 26.8. The van der Waals surface area contributed by atoms with E-state index >= 15 is 0 Å². The summed E-state index contributed by atoms with van der Waals surface area (Å²) in [6.45, 7) is -0.768. The molecule has 0 radical (unpaired) electrons. The number of aromatic hydroxyl groups is 1. The lowest BCUT2D eigenvalue weighted by Gasteiger charge is -2.43. The van der Waals surface area contributed by atoms with E-state index in [2.05, 4.69) is 0 Å². The maximum atomic E-state index is 12.8. The van der Waals surface area contributed by atoms with E-state index < -0.39 is 73.3 Å². The number of carbonyl (C=O) groups is 3. The summed E-state index contributed by atoms with van der Waals surface area (Å²) in [4.78, 5) is 36.1. The van der Waals surface area contributed by atoms with Crippen molar-refractivity contribution in [1.82, 2.24) is 0 Å². The average Bonchev–Trinajstić information content (AvgIpc) is 3.34. The highest BCUT2D eigenvalue weighted by atomic mass is 16.8. The van der Waals surface area contributed by atoms with Crippen LogP contribution < -0.4 is 4.74 Å². The Morgan fingerprint density at radius 3 is 2.39 bits per heavy atom. The molecule has 1 fully saturated rings. The second-order valence-corrected chi connectivity index (χ2v) is 8.81. The highest BCUT2D eigenvalue weighted by Gasteiger charge is 2.52. The average molecular weight is 538 g/mol. The number of carbonyl (C=O) groups excluding carboxylic acids is 1. The number of phenolic OH excluding ortho intramolecular Hbond substituents is 1. The fourth-order valence-corrected chi connectivity index (χ4v) is 4.71. The number of phenols is 1. The van der Waals surface area contributed by atoms with Gasteiger partial charge in [0.25, 0.3) is 0 Å². The molecule has 2 aliphatic heterocycles. The number of carboxylic acids is 2. The van der Waals surface area contributed by atoms with Crippen molar-refractivity contribution in [3.05, 3.63) is 47.2 Å². The minimum Gasteiger partial charge on any atom is -0.504 e. The molecular weight excluding hydrogens is 512 g/mol. The van der Waals surface area contributed by atoms with Gasteiger partial charge in [-0.05, 0) is 24.6 Å². The van der Waals surface area contributed by atoms with Crippen LogP contribution in [-0.4, -0.2) is 99.3 Å². The predicted octanol–water partition coefficient (Wildman–Crippen LogP) is -0.646. The Morgan fingerprint density at radius 1 is 1.05 bits per heavy atom. The minimum atomic E-state index is -1.85. The van der Waals surface area contributed by atoms with Crippen LogP contribution in [0.2, 0.25) is 0 Å². The zero-order valence-corrected chi connectivity index (χ0v) is 19.9. The van der Waals surface area contributed by atoms with E-state index in [-0.39, 0.29) is 34.6 Å². The summed E-state index contributed by atoms with van der Waals surface area (Å²) in [6, 6.07) is 3.58. The van der Waals surface area contributed by atoms with Crippen molar-refractivity contribution >= 4 is 17.9 Å². The van der Waals surface area contributed by atoms with Crippen molar-refractivity contribution in [1.29, 1.82) is 0 Å². The standard InChI is InChI=1S/C24H26O14/c1-34-14-6-9(2-5-13(14)26)22(33)37-19-17(27)15(7-25)36-24(18(19)28)38-23-16-10(3-4-11(16)20(29)30)12(8-35-23)21(31)32/h2,4-6,8,10,15-19,23-28H,3,7H2,1H3,(H,29,30)(H,31,32)/t10-,15-,16+,17-,18-,19+,23-,24+/m1/s1. The molecule has 0 aromatic heterocycles. The molecule has 14 heteroatoms. The number of rotatable bonds is 8. The molecule has 0 saturated carbocycles. The molecule has 0 spiro atoms. The summed E-state index contributed by atoms with van der Waals surface area (Å²) in [5.74, 6) is -5.77. The van der Waals surface area contributed by atoms with Gasteiger partial charge in [0.05, 0.1) is 37.0 Å². The minimum absolute atomic E-state index is 0.0291. The fraction of sp³-hybridized carbons (Fsp3) is 0.458. The molecule has 1 aromatic carbocycles. The summed E-state index contributed by atoms with van der Waals surface area (Å²) in [7, 11) is 1.27. The Balaban J connectivity index is 1.56. The molecular formula is C24H26O14. The number of ether oxygens (including phenoxy) is 5. The number of carboxylic acid groups (broad SMARTS) is 2. The van der Waals surface area contributed by atoms with E-state index in [0.29, 0.717) is 0 Å². The second kappa shape index (κ2) is 11.0. The Labute approximate surface area is 214 Å². The molecule has 0 unspecified atom stereocenters. The Morgan fingerprint density at radius 2 is 1.76 bits per heavy atom. The molecule has 14 nitrogen and oxygen atoms in total. The lowest BCUT2D eigenvalue weighted by molar-refractivity contribution is -0.338. The molecule has 38 heavy (non-hydrogen) atoms. The monoisotopic (exact) mass is 538 g/mol. The van der Waals surface area contributed by atoms with Crippen molar-refractivity contribution in [2.45, 2.75) is 43.4 Å². The van der Waals surface area contributed by atoms with E-state index in [4.69, 9.17) is 23.7 Å². The van der Waals surface area contributed by atoms with Gasteiger partial charge in [0.1, 0.15) is 18.3 Å². The number of aliphatic carboxylic acids is 2. The van der Waals surface area contributed by atoms with Crippen molar-refractivity contribution < 1.29 is 68.7 Å². The number of allylic oxidation sites excluding steroid dienone is 1. The SMILES string of the molecule is COc1cc(C(=O)O[C@@H]2[C@@H](O)[C@H](O[C@H]3OC=C(C(=O)O)[C@H]4CC=C(C(=O)O)[C@@H]34)O[C@H](CO)[C@H]2O)ccc1O. The first kappa shape index (κ1) is 27.3. The molecule has 206 valence electrons. The van der Waals surface area contributed by atoms with Crippen molar-refractivity contribution in [2.75, 3.05) is 13.7 Å². The molecule has 1 saturated heterocycles. The number of aliphatic hydroxyl groups excluding tert-OH is 3. The van der Waals surface area contributed by atoms with Gasteiger partial charge < -0.3 is 54.3 Å². The third-order valence-electron chi connectivity index (χ3n) is 6.65. The van der Waals surface area contributed by atoms with Crippen LogP contribution in [0.1, 0.15) is 16.8 Å². The van der Waals surface area contributed by atoms with Crippen LogP contribution in [0.25, 0.3) is 0 Å². The van der Waals surface area contributed by atoms with Gasteiger partial charge in [0, 0.05) is 11.5 Å². The highest BCUT2D eigenvalue weighted by Crippen LogP contribution is 2.44. The van der Waals surface area contributed by atoms with Gasteiger partial charge >= 0.3 is 17.9 Å². The molecule has 4 rings (SSSR count). The number of methoxy groups -OCH3 is 1. The van der Waals surface area contributed by atoms with Gasteiger partial charge in [-0.15, -0.1) is 0 Å². The highest BCUT2D eigenvalue weighted by molar-refractivity contribution is 5.91. The van der Waals surface area contributed by atoms with Crippen LogP contribution in [0.3, 0.4) is 0 Å². The lowest BCUT2D eigenvalue weighted by Crippen LogP contribution is -2.61. The molecule has 0 bridgehead atoms. The summed E-state index contributed by atoms with van der Waals surface area (Å²) in [6.07, 6.45) is -7.36. The van der Waals surface area contributed by atoms with Gasteiger partial charge in [-0.3, -0.25) is 0 Å². The van der Waals surface area contributed by atoms with Crippen molar-refractivity contribution in [3.8, 4) is 11.5 Å². The van der Waals surface area contributed by atoms with Crippen molar-refractivity contribution in [3.63, 3.8) is 0 Å². The van der Waals surface area contributed by atoms with Gasteiger partial charge in [0.2, 0.25) is 6.29 Å². The Kier molecular flexibility index (Phi) is 7.89. The molecule has 1 aliphatic carbocycles. The summed E-state index contributed by atoms with van der Waals surface area (Å²) >= 11 is 0. The lowest BCUT2D eigenvalue weighted by atomic mass is 9.83. The smallest absolute Gasteiger partial charge is 0.338 e. The molecule has 8 atom stereocenters. The molecule has 2 heterocycles. The van der Waals surface area contributed by atoms with Gasteiger partial charge in [-0.1, -0.05) is 6.08 Å². The van der Waals surface area contributed by atoms with E-state index in [1.165, 1.54) is 31.4 Å². The first-order chi connectivity index (χ1) is 18.1. The Hall–Kier alpha value is -3.69. The third kappa shape index (κ3) is 5.04. The van der Waals surface area contributed by atoms with Crippen LogP contribution in [-0.2, 0) is 28.5 Å². The quantitative estimate of drug-likeness (QED) is 0.227. The van der Waals surface area contributed by atoms with Gasteiger partial charge in [0.15, 0.2) is 23.9 Å². The molecule has 1 aromatic rings. The number of hydrogen-bond donors (Lipinski definition) is 6. The maximum Gasteiger partial charge on any atom is 0.338 e. The molecule has 0 amide bonds. The third-order valence-corrected chi connectivity index (χ3v) is 6.65. The summed E-state index contributed by atoms with van der Waals surface area (Å²) in [5, 5.41) is 60.0. The van der Waals surface area contributed by atoms with Crippen LogP contribution >= 0.6 is 0 Å². The van der Waals surface area contributed by atoms with Crippen LogP contribution in [0.4, 0.5) is 0 Å². The van der Waals surface area contributed by atoms with E-state index in [1.54, 1.807) is 0 Å². The number of benzene rings is 1. The first-order valence-electron chi connectivity index (χ1n) is 11.4. The largest absolute Gasteiger partial charge is 0.504 e. The van der Waals surface area contributed by atoms with Crippen LogP contribution in [0.5, 0.6) is 11.5 Å². The maximum absolute atomic E-state index is 12.8. The number of hydrogen-bond acceptors (Lipinski definition) is 12. The van der Waals surface area contributed by atoms with Crippen molar-refractivity contribution in [2.24, 2.45) is 11.8 Å². The van der Waals surface area contributed by atoms with E-state index in [9.17, 15) is 45.0 Å². The zero-order chi connectivity index (χ0) is 27.7.